The van der Waals surface area contributed by atoms with Crippen molar-refractivity contribution in [3.05, 3.63) is 64.2 Å². The summed E-state index contributed by atoms with van der Waals surface area (Å²) in [5.74, 6) is -0.202. The predicted octanol–water partition coefficient (Wildman–Crippen LogP) is -0.256. The van der Waals surface area contributed by atoms with Crippen molar-refractivity contribution in [3.8, 4) is 5.75 Å². The quantitative estimate of drug-likeness (QED) is 0.271. The van der Waals surface area contributed by atoms with E-state index in [1.807, 2.05) is 18.2 Å². The maximum atomic E-state index is 12.1. The molecule has 0 amide bonds. The molecule has 0 aliphatic carbocycles. The third-order valence-electron chi connectivity index (χ3n) is 2.98. The first-order valence-corrected chi connectivity index (χ1v) is 10.2. The molecule has 0 spiro atoms. The molecule has 0 N–H and O–H groups in total. The Hall–Kier alpha value is -1.58. The number of hydrogen-bond acceptors (Lipinski definition) is 5. The average molecular weight is 434 g/mol. The maximum absolute atomic E-state index is 12.1. The lowest BCUT2D eigenvalue weighted by atomic mass is 10.2. The highest BCUT2D eigenvalue weighted by Gasteiger charge is 2.17. The van der Waals surface area contributed by atoms with E-state index >= 15 is 0 Å². The van der Waals surface area contributed by atoms with Crippen LogP contribution in [0.3, 0.4) is 0 Å². The Labute approximate surface area is 154 Å². The Morgan fingerprint density at radius 2 is 1.75 bits per heavy atom. The van der Waals surface area contributed by atoms with Gasteiger partial charge in [0.25, 0.3) is 5.69 Å². The molecule has 0 atom stereocenters. The molecular weight excluding hydrogens is 418 g/mol. The van der Waals surface area contributed by atoms with Gasteiger partial charge in [-0.05, 0) is 29.8 Å². The SMILES string of the molecule is C[S+](C)c1cccc(CS(=O)(=O)Oc2ccc([N+](=O)[O-])cc2)c1.[Br-]. The normalized spacial score (nSPS) is 11.0. The number of hydrogen-bond donors (Lipinski definition) is 0. The summed E-state index contributed by atoms with van der Waals surface area (Å²) in [5.41, 5.74) is 0.519. The van der Waals surface area contributed by atoms with E-state index in [9.17, 15) is 18.5 Å². The van der Waals surface area contributed by atoms with Crippen molar-refractivity contribution in [2.75, 3.05) is 12.5 Å². The second-order valence-corrected chi connectivity index (χ2v) is 8.68. The van der Waals surface area contributed by atoms with Crippen LogP contribution in [0.15, 0.2) is 53.4 Å². The van der Waals surface area contributed by atoms with E-state index in [2.05, 4.69) is 12.5 Å². The second-order valence-electron chi connectivity index (χ2n) is 5.00. The number of rotatable bonds is 6. The van der Waals surface area contributed by atoms with Gasteiger partial charge in [-0.3, -0.25) is 10.1 Å². The van der Waals surface area contributed by atoms with Crippen molar-refractivity contribution in [1.29, 1.82) is 0 Å². The van der Waals surface area contributed by atoms with Gasteiger partial charge in [0, 0.05) is 23.0 Å². The largest absolute Gasteiger partial charge is 1.00 e. The fourth-order valence-electron chi connectivity index (χ4n) is 1.89. The van der Waals surface area contributed by atoms with Crippen LogP contribution >= 0.6 is 0 Å². The van der Waals surface area contributed by atoms with E-state index in [4.69, 9.17) is 4.18 Å². The molecule has 9 heteroatoms. The molecular formula is C15H16BrNO5S2. The van der Waals surface area contributed by atoms with Crippen LogP contribution in [0.5, 0.6) is 5.75 Å². The van der Waals surface area contributed by atoms with Gasteiger partial charge in [-0.1, -0.05) is 12.1 Å². The minimum Gasteiger partial charge on any atom is -1.00 e. The van der Waals surface area contributed by atoms with Crippen LogP contribution in [0.1, 0.15) is 5.56 Å². The van der Waals surface area contributed by atoms with Crippen molar-refractivity contribution < 1.29 is 34.5 Å². The smallest absolute Gasteiger partial charge is 0.313 e. The number of non-ortho nitro benzene ring substituents is 1. The molecule has 24 heavy (non-hydrogen) atoms. The summed E-state index contributed by atoms with van der Waals surface area (Å²) in [4.78, 5) is 11.1. The number of nitrogens with zero attached hydrogens (tertiary/aromatic N) is 1. The minimum atomic E-state index is -3.83. The third kappa shape index (κ3) is 5.81. The number of nitro groups is 1. The molecule has 6 nitrogen and oxygen atoms in total. The predicted molar refractivity (Wildman–Crippen MR) is 90.3 cm³/mol. The van der Waals surface area contributed by atoms with Gasteiger partial charge in [0.15, 0.2) is 4.90 Å². The highest BCUT2D eigenvalue weighted by Crippen LogP contribution is 2.21. The Bertz CT molecular complexity index is 807. The van der Waals surface area contributed by atoms with Crippen LogP contribution in [0, 0.1) is 10.1 Å². The summed E-state index contributed by atoms with van der Waals surface area (Å²) in [6.07, 6.45) is 4.11. The molecule has 0 heterocycles. The van der Waals surface area contributed by atoms with Crippen LogP contribution in [-0.2, 0) is 26.8 Å². The minimum absolute atomic E-state index is 0. The average Bonchev–Trinajstić information content (AvgIpc) is 2.47. The zero-order chi connectivity index (χ0) is 17.0. The number of halogens is 1. The Morgan fingerprint density at radius 3 is 2.29 bits per heavy atom. The molecule has 0 fully saturated rings. The Morgan fingerprint density at radius 1 is 1.12 bits per heavy atom. The fourth-order valence-corrected chi connectivity index (χ4v) is 3.68. The first-order valence-electron chi connectivity index (χ1n) is 6.60. The fraction of sp³-hybridized carbons (Fsp3) is 0.200. The summed E-state index contributed by atoms with van der Waals surface area (Å²) >= 11 is 0. The van der Waals surface area contributed by atoms with E-state index in [0.29, 0.717) is 5.56 Å². The van der Waals surface area contributed by atoms with Crippen molar-refractivity contribution >= 4 is 26.7 Å². The molecule has 2 aromatic rings. The topological polar surface area (TPSA) is 86.5 Å². The van der Waals surface area contributed by atoms with Crippen LogP contribution < -0.4 is 21.2 Å². The van der Waals surface area contributed by atoms with Gasteiger partial charge >= 0.3 is 10.1 Å². The Balaban J connectivity index is 0.00000288. The lowest BCUT2D eigenvalue weighted by Gasteiger charge is -2.07. The van der Waals surface area contributed by atoms with Gasteiger partial charge in [-0.2, -0.15) is 8.42 Å². The van der Waals surface area contributed by atoms with Crippen LogP contribution in [0.4, 0.5) is 5.69 Å². The standard InChI is InChI=1S/C15H16NO5S2.BrH/c1-22(2)15-5-3-4-12(10-15)11-23(19,20)21-14-8-6-13(7-9-14)16(17)18;/h3-10H,11H2,1-2H3;1H/q+1;/p-1. The molecule has 0 aliphatic heterocycles. The van der Waals surface area contributed by atoms with Crippen molar-refractivity contribution in [2.45, 2.75) is 10.6 Å². The van der Waals surface area contributed by atoms with Crippen molar-refractivity contribution in [2.24, 2.45) is 0 Å². The van der Waals surface area contributed by atoms with Gasteiger partial charge in [0.2, 0.25) is 0 Å². The summed E-state index contributed by atoms with van der Waals surface area (Å²) in [6, 6.07) is 12.3. The van der Waals surface area contributed by atoms with Gasteiger partial charge in [0.1, 0.15) is 24.0 Å². The van der Waals surface area contributed by atoms with Gasteiger partial charge in [0.05, 0.1) is 4.92 Å². The third-order valence-corrected chi connectivity index (χ3v) is 5.31. The molecule has 130 valence electrons. The lowest BCUT2D eigenvalue weighted by molar-refractivity contribution is -0.384. The van der Waals surface area contributed by atoms with E-state index in [1.54, 1.807) is 6.07 Å². The van der Waals surface area contributed by atoms with Crippen molar-refractivity contribution in [3.63, 3.8) is 0 Å². The molecule has 0 saturated carbocycles. The molecule has 0 radical (unpaired) electrons. The monoisotopic (exact) mass is 433 g/mol. The van der Waals surface area contributed by atoms with Crippen LogP contribution in [0.2, 0.25) is 0 Å². The molecule has 0 bridgehead atoms. The summed E-state index contributed by atoms with van der Waals surface area (Å²) in [6.45, 7) is 0. The van der Waals surface area contributed by atoms with Gasteiger partial charge < -0.3 is 21.2 Å². The van der Waals surface area contributed by atoms with Crippen molar-refractivity contribution in [1.82, 2.24) is 0 Å². The van der Waals surface area contributed by atoms with Gasteiger partial charge in [-0.15, -0.1) is 0 Å². The van der Waals surface area contributed by atoms with E-state index in [0.717, 1.165) is 4.90 Å². The number of nitro benzene ring substituents is 1. The van der Waals surface area contributed by atoms with Gasteiger partial charge in [-0.25, -0.2) is 0 Å². The first kappa shape index (κ1) is 20.5. The molecule has 0 aromatic heterocycles. The van der Waals surface area contributed by atoms with E-state index in [-0.39, 0.29) is 45.1 Å². The van der Waals surface area contributed by atoms with E-state index in [1.165, 1.54) is 24.3 Å². The molecule has 0 unspecified atom stereocenters. The second kappa shape index (κ2) is 8.50. The molecule has 0 saturated heterocycles. The van der Waals surface area contributed by atoms with Crippen LogP contribution in [-0.4, -0.2) is 25.9 Å². The summed E-state index contributed by atoms with van der Waals surface area (Å²) in [7, 11) is -3.79. The highest BCUT2D eigenvalue weighted by molar-refractivity contribution is 7.95. The van der Waals surface area contributed by atoms with Crippen LogP contribution in [0.25, 0.3) is 0 Å². The van der Waals surface area contributed by atoms with E-state index < -0.39 is 15.0 Å². The zero-order valence-electron chi connectivity index (χ0n) is 13.0. The molecule has 0 aliphatic rings. The lowest BCUT2D eigenvalue weighted by Crippen LogP contribution is -3.00. The highest BCUT2D eigenvalue weighted by atomic mass is 79.9. The maximum Gasteiger partial charge on any atom is 0.313 e. The number of benzene rings is 2. The summed E-state index contributed by atoms with van der Waals surface area (Å²) < 4.78 is 29.2. The zero-order valence-corrected chi connectivity index (χ0v) is 16.2. The first-order chi connectivity index (χ1) is 10.8. The molecule has 2 aromatic carbocycles. The molecule has 2 rings (SSSR count). The Kier molecular flexibility index (Phi) is 7.25. The summed E-state index contributed by atoms with van der Waals surface area (Å²) in [5, 5.41) is 10.6.